The summed E-state index contributed by atoms with van der Waals surface area (Å²) < 4.78 is 5.57. The number of carbonyl (C=O) groups is 1. The molecule has 1 aromatic rings. The molecule has 3 rings (SSSR count). The van der Waals surface area contributed by atoms with Gasteiger partial charge in [-0.05, 0) is 18.4 Å². The van der Waals surface area contributed by atoms with Crippen LogP contribution in [0.3, 0.4) is 0 Å². The van der Waals surface area contributed by atoms with Gasteiger partial charge in [-0.1, -0.05) is 30.3 Å². The molecule has 1 aromatic carbocycles. The summed E-state index contributed by atoms with van der Waals surface area (Å²) in [6.07, 6.45) is 1.96. The minimum absolute atomic E-state index is 0.204. The highest BCUT2D eigenvalue weighted by Crippen LogP contribution is 2.23. The summed E-state index contributed by atoms with van der Waals surface area (Å²) >= 11 is 0. The smallest absolute Gasteiger partial charge is 0.413 e. The van der Waals surface area contributed by atoms with Crippen LogP contribution in [0.1, 0.15) is 18.4 Å². The van der Waals surface area contributed by atoms with E-state index in [9.17, 15) is 4.79 Å². The highest BCUT2D eigenvalue weighted by Gasteiger charge is 2.24. The standard InChI is InChI=1S/C15H18N2O2/c18-15(17-8-4-5-9-17)19-14-11-16-10-13(14)12-6-2-1-3-7-12/h1-3,6-7,16H,4-5,8-11H2. The third kappa shape index (κ3) is 2.63. The number of amides is 1. The lowest BCUT2D eigenvalue weighted by atomic mass is 10.1. The number of nitrogens with one attached hydrogen (secondary N) is 1. The van der Waals surface area contributed by atoms with E-state index in [1.165, 1.54) is 0 Å². The lowest BCUT2D eigenvalue weighted by Crippen LogP contribution is -2.28. The molecule has 2 aliphatic rings. The van der Waals surface area contributed by atoms with E-state index in [1.54, 1.807) is 4.90 Å². The van der Waals surface area contributed by atoms with Gasteiger partial charge in [-0.2, -0.15) is 0 Å². The molecular formula is C15H18N2O2. The Morgan fingerprint density at radius 1 is 1.11 bits per heavy atom. The minimum Gasteiger partial charge on any atom is -0.413 e. The average Bonchev–Trinajstić information content (AvgIpc) is 3.11. The molecule has 0 aromatic heterocycles. The monoisotopic (exact) mass is 258 g/mol. The lowest BCUT2D eigenvalue weighted by Gasteiger charge is -2.16. The molecule has 4 nitrogen and oxygen atoms in total. The summed E-state index contributed by atoms with van der Waals surface area (Å²) in [5.74, 6) is 0.767. The van der Waals surface area contributed by atoms with Gasteiger partial charge in [0.05, 0.1) is 6.54 Å². The van der Waals surface area contributed by atoms with Gasteiger partial charge >= 0.3 is 6.09 Å². The Balaban J connectivity index is 1.76. The summed E-state index contributed by atoms with van der Waals surface area (Å²) in [5, 5.41) is 3.25. The van der Waals surface area contributed by atoms with Gasteiger partial charge in [0.15, 0.2) is 0 Å². The third-order valence-electron chi connectivity index (χ3n) is 3.62. The fraction of sp³-hybridized carbons (Fsp3) is 0.400. The van der Waals surface area contributed by atoms with Crippen molar-refractivity contribution in [3.8, 4) is 0 Å². The minimum atomic E-state index is -0.204. The number of nitrogens with zero attached hydrogens (tertiary/aromatic N) is 1. The second-order valence-electron chi connectivity index (χ2n) is 4.93. The molecule has 2 aliphatic heterocycles. The van der Waals surface area contributed by atoms with Crippen molar-refractivity contribution < 1.29 is 9.53 Å². The van der Waals surface area contributed by atoms with Crippen LogP contribution < -0.4 is 5.32 Å². The number of likely N-dealkylation sites (tertiary alicyclic amines) is 1. The fourth-order valence-electron chi connectivity index (χ4n) is 2.58. The molecule has 0 unspecified atom stereocenters. The van der Waals surface area contributed by atoms with Gasteiger partial charge in [-0.25, -0.2) is 4.79 Å². The number of carbonyl (C=O) groups excluding carboxylic acids is 1. The molecular weight excluding hydrogens is 240 g/mol. The van der Waals surface area contributed by atoms with Crippen LogP contribution in [0.25, 0.3) is 5.57 Å². The van der Waals surface area contributed by atoms with Crippen molar-refractivity contribution in [2.24, 2.45) is 0 Å². The maximum absolute atomic E-state index is 12.0. The molecule has 0 atom stereocenters. The van der Waals surface area contributed by atoms with Gasteiger partial charge in [-0.15, -0.1) is 0 Å². The highest BCUT2D eigenvalue weighted by atomic mass is 16.6. The zero-order chi connectivity index (χ0) is 13.1. The Hall–Kier alpha value is -1.81. The fourth-order valence-corrected chi connectivity index (χ4v) is 2.58. The first-order chi connectivity index (χ1) is 9.34. The van der Waals surface area contributed by atoms with Crippen molar-refractivity contribution in [3.05, 3.63) is 41.7 Å². The summed E-state index contributed by atoms with van der Waals surface area (Å²) in [5.41, 5.74) is 2.21. The predicted molar refractivity (Wildman–Crippen MR) is 73.5 cm³/mol. The quantitative estimate of drug-likeness (QED) is 0.884. The molecule has 1 N–H and O–H groups in total. The Labute approximate surface area is 113 Å². The molecule has 0 radical (unpaired) electrons. The largest absolute Gasteiger partial charge is 0.414 e. The van der Waals surface area contributed by atoms with Crippen LogP contribution in [0.5, 0.6) is 0 Å². The van der Waals surface area contributed by atoms with Gasteiger partial charge in [0.2, 0.25) is 0 Å². The molecule has 0 bridgehead atoms. The van der Waals surface area contributed by atoms with Crippen LogP contribution in [0.15, 0.2) is 36.1 Å². The van der Waals surface area contributed by atoms with E-state index in [0.717, 1.165) is 49.4 Å². The zero-order valence-corrected chi connectivity index (χ0v) is 10.9. The van der Waals surface area contributed by atoms with E-state index in [-0.39, 0.29) is 6.09 Å². The van der Waals surface area contributed by atoms with Crippen LogP contribution in [0.2, 0.25) is 0 Å². The van der Waals surface area contributed by atoms with E-state index in [0.29, 0.717) is 6.54 Å². The number of hydrogen-bond acceptors (Lipinski definition) is 3. The molecule has 1 saturated heterocycles. The Kier molecular flexibility index (Phi) is 3.51. The Bertz CT molecular complexity index is 490. The van der Waals surface area contributed by atoms with Crippen LogP contribution in [-0.2, 0) is 4.74 Å². The zero-order valence-electron chi connectivity index (χ0n) is 10.9. The number of rotatable bonds is 2. The molecule has 19 heavy (non-hydrogen) atoms. The van der Waals surface area contributed by atoms with Crippen molar-refractivity contribution in [1.82, 2.24) is 10.2 Å². The van der Waals surface area contributed by atoms with Gasteiger partial charge < -0.3 is 15.0 Å². The molecule has 2 heterocycles. The second-order valence-corrected chi connectivity index (χ2v) is 4.93. The van der Waals surface area contributed by atoms with E-state index in [2.05, 4.69) is 5.32 Å². The van der Waals surface area contributed by atoms with Gasteiger partial charge in [0.1, 0.15) is 5.76 Å². The average molecular weight is 258 g/mol. The first-order valence-electron chi connectivity index (χ1n) is 6.79. The highest BCUT2D eigenvalue weighted by molar-refractivity contribution is 5.76. The Morgan fingerprint density at radius 2 is 1.84 bits per heavy atom. The van der Waals surface area contributed by atoms with Gasteiger partial charge in [0.25, 0.3) is 0 Å². The van der Waals surface area contributed by atoms with Crippen LogP contribution >= 0.6 is 0 Å². The lowest BCUT2D eigenvalue weighted by molar-refractivity contribution is 0.138. The molecule has 0 saturated carbocycles. The molecule has 1 fully saturated rings. The Morgan fingerprint density at radius 3 is 2.58 bits per heavy atom. The topological polar surface area (TPSA) is 41.6 Å². The van der Waals surface area contributed by atoms with E-state index in [4.69, 9.17) is 4.74 Å². The second kappa shape index (κ2) is 5.45. The summed E-state index contributed by atoms with van der Waals surface area (Å²) in [7, 11) is 0. The number of hydrogen-bond donors (Lipinski definition) is 1. The van der Waals surface area contributed by atoms with Gasteiger partial charge in [0, 0.05) is 25.2 Å². The van der Waals surface area contributed by atoms with Crippen molar-refractivity contribution in [2.45, 2.75) is 12.8 Å². The number of benzene rings is 1. The third-order valence-corrected chi connectivity index (χ3v) is 3.62. The SMILES string of the molecule is O=C(OC1=C(c2ccccc2)CNC1)N1CCCC1. The van der Waals surface area contributed by atoms with Crippen molar-refractivity contribution >= 4 is 11.7 Å². The maximum atomic E-state index is 12.0. The first kappa shape index (κ1) is 12.2. The van der Waals surface area contributed by atoms with Crippen LogP contribution in [0.4, 0.5) is 4.79 Å². The molecule has 0 spiro atoms. The van der Waals surface area contributed by atoms with E-state index >= 15 is 0 Å². The molecule has 100 valence electrons. The maximum Gasteiger partial charge on any atom is 0.414 e. The summed E-state index contributed by atoms with van der Waals surface area (Å²) in [4.78, 5) is 13.8. The van der Waals surface area contributed by atoms with Crippen LogP contribution in [0, 0.1) is 0 Å². The van der Waals surface area contributed by atoms with Crippen LogP contribution in [-0.4, -0.2) is 37.2 Å². The molecule has 1 amide bonds. The predicted octanol–water partition coefficient (Wildman–Crippen LogP) is 2.23. The van der Waals surface area contributed by atoms with Crippen molar-refractivity contribution in [3.63, 3.8) is 0 Å². The first-order valence-corrected chi connectivity index (χ1v) is 6.79. The van der Waals surface area contributed by atoms with Crippen molar-refractivity contribution in [2.75, 3.05) is 26.2 Å². The number of ether oxygens (including phenoxy) is 1. The molecule has 4 heteroatoms. The van der Waals surface area contributed by atoms with E-state index in [1.807, 2.05) is 30.3 Å². The summed E-state index contributed by atoms with van der Waals surface area (Å²) in [6.45, 7) is 3.02. The van der Waals surface area contributed by atoms with Crippen molar-refractivity contribution in [1.29, 1.82) is 0 Å². The summed E-state index contributed by atoms with van der Waals surface area (Å²) in [6, 6.07) is 10.1. The molecule has 0 aliphatic carbocycles. The normalized spacial score (nSPS) is 19.1. The van der Waals surface area contributed by atoms with E-state index < -0.39 is 0 Å². The van der Waals surface area contributed by atoms with Gasteiger partial charge in [-0.3, -0.25) is 0 Å².